The summed E-state index contributed by atoms with van der Waals surface area (Å²) >= 11 is 0. The third-order valence-corrected chi connectivity index (χ3v) is 7.17. The van der Waals surface area contributed by atoms with E-state index in [1.54, 1.807) is 30.6 Å². The summed E-state index contributed by atoms with van der Waals surface area (Å²) in [7, 11) is 0. The van der Waals surface area contributed by atoms with Crippen molar-refractivity contribution in [1.82, 2.24) is 25.1 Å². The Kier molecular flexibility index (Phi) is 6.28. The van der Waals surface area contributed by atoms with Gasteiger partial charge in [0, 0.05) is 58.7 Å². The Balaban J connectivity index is 1.23. The zero-order valence-electron chi connectivity index (χ0n) is 22.0. The molecule has 0 radical (unpaired) electrons. The Morgan fingerprint density at radius 1 is 0.929 bits per heavy atom. The molecule has 1 aliphatic heterocycles. The van der Waals surface area contributed by atoms with Crippen LogP contribution < -0.4 is 5.32 Å². The van der Waals surface area contributed by atoms with E-state index in [2.05, 4.69) is 36.5 Å². The summed E-state index contributed by atoms with van der Waals surface area (Å²) in [6.07, 6.45) is 5.67. The third kappa shape index (κ3) is 4.79. The van der Waals surface area contributed by atoms with E-state index < -0.39 is 12.0 Å². The van der Waals surface area contributed by atoms with Crippen LogP contribution in [0.1, 0.15) is 46.8 Å². The summed E-state index contributed by atoms with van der Waals surface area (Å²) in [5.74, 6) is 0.411. The number of aromatic nitrogens is 5. The normalized spacial score (nSPS) is 16.2. The van der Waals surface area contributed by atoms with Crippen LogP contribution in [0.25, 0.3) is 22.7 Å². The summed E-state index contributed by atoms with van der Waals surface area (Å²) in [5, 5.41) is 20.6. The lowest BCUT2D eigenvalue weighted by Gasteiger charge is -2.12. The number of nitrogens with zero attached hydrogens (tertiary/aromatic N) is 7. The summed E-state index contributed by atoms with van der Waals surface area (Å²) in [5.41, 5.74) is 3.89. The number of halogens is 1. The first-order valence-electron chi connectivity index (χ1n) is 13.3. The SMILES string of the molecule is N#Cc1cnc(-c2nnc(N[C@H]3N=C(c4ccccc4)c4cccc(F)c4CC3=O)o2)c(-c2cnc(C3CC3)nc2)c1. The maximum absolute atomic E-state index is 14.9. The summed E-state index contributed by atoms with van der Waals surface area (Å²) in [6, 6.07) is 17.6. The molecule has 0 bridgehead atoms. The second-order valence-electron chi connectivity index (χ2n) is 10.0. The number of hydrogen-bond donors (Lipinski definition) is 1. The fraction of sp³-hybridized carbons (Fsp3) is 0.161. The van der Waals surface area contributed by atoms with Crippen LogP contribution in [0.15, 0.2) is 82.6 Å². The lowest BCUT2D eigenvalue weighted by molar-refractivity contribution is -0.119. The number of carbonyl (C=O) groups is 1. The van der Waals surface area contributed by atoms with Crippen LogP contribution in [-0.4, -0.2) is 42.8 Å². The van der Waals surface area contributed by atoms with E-state index in [0.717, 1.165) is 24.2 Å². The lowest BCUT2D eigenvalue weighted by atomic mass is 9.95. The van der Waals surface area contributed by atoms with Gasteiger partial charge < -0.3 is 9.73 Å². The van der Waals surface area contributed by atoms with Crippen LogP contribution in [0.4, 0.5) is 10.4 Å². The van der Waals surface area contributed by atoms with E-state index in [-0.39, 0.29) is 29.7 Å². The number of anilines is 1. The molecule has 0 spiro atoms. The maximum atomic E-state index is 14.9. The summed E-state index contributed by atoms with van der Waals surface area (Å²) in [6.45, 7) is 0. The van der Waals surface area contributed by atoms with Crippen molar-refractivity contribution in [1.29, 1.82) is 5.26 Å². The minimum absolute atomic E-state index is 0.0610. The van der Waals surface area contributed by atoms with Crippen molar-refractivity contribution in [3.63, 3.8) is 0 Å². The van der Waals surface area contributed by atoms with E-state index in [1.165, 1.54) is 12.3 Å². The Bertz CT molecular complexity index is 1890. The largest absolute Gasteiger partial charge is 0.402 e. The molecule has 1 aliphatic carbocycles. The maximum Gasteiger partial charge on any atom is 0.317 e. The average molecular weight is 557 g/mol. The van der Waals surface area contributed by atoms with E-state index in [9.17, 15) is 14.4 Å². The third-order valence-electron chi connectivity index (χ3n) is 7.17. The first-order valence-corrected chi connectivity index (χ1v) is 13.3. The van der Waals surface area contributed by atoms with Gasteiger partial charge in [0.15, 0.2) is 11.9 Å². The summed E-state index contributed by atoms with van der Waals surface area (Å²) in [4.78, 5) is 31.4. The van der Waals surface area contributed by atoms with Crippen molar-refractivity contribution in [2.75, 3.05) is 5.32 Å². The van der Waals surface area contributed by atoms with E-state index in [1.807, 2.05) is 30.3 Å². The lowest BCUT2D eigenvalue weighted by Crippen LogP contribution is -2.29. The van der Waals surface area contributed by atoms with Crippen LogP contribution in [0, 0.1) is 17.1 Å². The first-order chi connectivity index (χ1) is 20.6. The molecular formula is C31H21FN8O2. The molecule has 1 atom stereocenters. The highest BCUT2D eigenvalue weighted by molar-refractivity contribution is 6.16. The Hall–Kier alpha value is -5.63. The number of benzene rings is 2. The molecule has 42 heavy (non-hydrogen) atoms. The van der Waals surface area contributed by atoms with Crippen molar-refractivity contribution in [2.24, 2.45) is 4.99 Å². The number of Topliss-reactive ketones (excluding diaryl/α,β-unsaturated/α-hetero) is 1. The number of hydrogen-bond acceptors (Lipinski definition) is 10. The van der Waals surface area contributed by atoms with Gasteiger partial charge in [-0.3, -0.25) is 9.79 Å². The Labute approximate surface area is 239 Å². The van der Waals surface area contributed by atoms with Gasteiger partial charge in [-0.1, -0.05) is 47.6 Å². The zero-order chi connectivity index (χ0) is 28.6. The molecule has 0 saturated heterocycles. The Morgan fingerprint density at radius 2 is 1.74 bits per heavy atom. The van der Waals surface area contributed by atoms with E-state index in [4.69, 9.17) is 9.41 Å². The highest BCUT2D eigenvalue weighted by Gasteiger charge is 2.30. The second kappa shape index (κ2) is 10.4. The zero-order valence-corrected chi connectivity index (χ0v) is 22.0. The van der Waals surface area contributed by atoms with Gasteiger partial charge in [-0.15, -0.1) is 5.10 Å². The molecule has 7 rings (SSSR count). The quantitative estimate of drug-likeness (QED) is 0.310. The van der Waals surface area contributed by atoms with Gasteiger partial charge >= 0.3 is 6.01 Å². The predicted octanol–water partition coefficient (Wildman–Crippen LogP) is 4.88. The number of aliphatic imine (C=N–C) groups is 1. The van der Waals surface area contributed by atoms with Gasteiger partial charge in [0.25, 0.3) is 5.89 Å². The molecule has 4 heterocycles. The molecule has 10 nitrogen and oxygen atoms in total. The number of carbonyl (C=O) groups excluding carboxylic acids is 1. The van der Waals surface area contributed by atoms with Crippen molar-refractivity contribution in [2.45, 2.75) is 31.3 Å². The number of nitriles is 1. The minimum atomic E-state index is -1.11. The van der Waals surface area contributed by atoms with Gasteiger partial charge in [0.05, 0.1) is 11.3 Å². The van der Waals surface area contributed by atoms with Crippen LogP contribution >= 0.6 is 0 Å². The monoisotopic (exact) mass is 556 g/mol. The minimum Gasteiger partial charge on any atom is -0.402 e. The molecule has 3 aromatic heterocycles. The van der Waals surface area contributed by atoms with Crippen molar-refractivity contribution < 1.29 is 13.6 Å². The molecule has 5 aromatic rings. The number of ketones is 1. The molecule has 2 aromatic carbocycles. The highest BCUT2D eigenvalue weighted by Crippen LogP contribution is 2.38. The van der Waals surface area contributed by atoms with Crippen LogP contribution in [0.2, 0.25) is 0 Å². The van der Waals surface area contributed by atoms with Gasteiger partial charge in [-0.05, 0) is 25.0 Å². The number of fused-ring (bicyclic) bond motifs is 1. The highest BCUT2D eigenvalue weighted by atomic mass is 19.1. The van der Waals surface area contributed by atoms with Crippen molar-refractivity contribution >= 4 is 17.5 Å². The van der Waals surface area contributed by atoms with Gasteiger partial charge in [-0.25, -0.2) is 19.3 Å². The molecular weight excluding hydrogens is 535 g/mol. The number of nitrogens with one attached hydrogen (secondary N) is 1. The number of rotatable bonds is 6. The first kappa shape index (κ1) is 25.3. The fourth-order valence-corrected chi connectivity index (χ4v) is 4.88. The second-order valence-corrected chi connectivity index (χ2v) is 10.0. The molecule has 0 unspecified atom stereocenters. The van der Waals surface area contributed by atoms with Gasteiger partial charge in [0.1, 0.15) is 23.4 Å². The molecule has 1 saturated carbocycles. The van der Waals surface area contributed by atoms with Crippen molar-refractivity contribution in [3.8, 4) is 28.8 Å². The predicted molar refractivity (Wildman–Crippen MR) is 150 cm³/mol. The van der Waals surface area contributed by atoms with Crippen molar-refractivity contribution in [3.05, 3.63) is 107 Å². The molecule has 1 fully saturated rings. The molecule has 0 amide bonds. The fourth-order valence-electron chi connectivity index (χ4n) is 4.88. The van der Waals surface area contributed by atoms with E-state index >= 15 is 0 Å². The molecule has 2 aliphatic rings. The molecule has 1 N–H and O–H groups in total. The topological polar surface area (TPSA) is 143 Å². The van der Waals surface area contributed by atoms with Crippen LogP contribution in [0.3, 0.4) is 0 Å². The van der Waals surface area contributed by atoms with Crippen LogP contribution in [0.5, 0.6) is 0 Å². The number of pyridine rings is 1. The standard InChI is InChI=1S/C31H21FN8O2/c32-24-8-4-7-21-23(24)12-25(41)29(37-26(21)18-5-2-1-3-6-18)38-31-40-39-30(42-31)27-22(11-17(13-33)14-34-27)20-15-35-28(36-16-20)19-9-10-19/h1-8,11,14-16,19,29H,9-10,12H2,(H,38,40)/t29-/m1/s1. The van der Waals surface area contributed by atoms with Gasteiger partial charge in [-0.2, -0.15) is 5.26 Å². The average Bonchev–Trinajstić information content (AvgIpc) is 3.80. The van der Waals surface area contributed by atoms with Crippen LogP contribution in [-0.2, 0) is 11.2 Å². The molecule has 11 heteroatoms. The summed E-state index contributed by atoms with van der Waals surface area (Å²) < 4.78 is 20.7. The molecule has 204 valence electrons. The van der Waals surface area contributed by atoms with Gasteiger partial charge in [0.2, 0.25) is 0 Å². The smallest absolute Gasteiger partial charge is 0.317 e. The van der Waals surface area contributed by atoms with E-state index in [0.29, 0.717) is 39.6 Å². The Morgan fingerprint density at radius 3 is 2.50 bits per heavy atom.